The van der Waals surface area contributed by atoms with Crippen molar-refractivity contribution in [3.8, 4) is 0 Å². The topological polar surface area (TPSA) is 272 Å². The second-order valence-corrected chi connectivity index (χ2v) is 13.8. The van der Waals surface area contributed by atoms with Gasteiger partial charge in [0.25, 0.3) is 0 Å². The molecule has 0 fully saturated rings. The highest BCUT2D eigenvalue weighted by molar-refractivity contribution is 8.01. The Morgan fingerprint density at radius 2 is 0.533 bits per heavy atom. The fraction of sp³-hybridized carbons (Fsp3) is 0.571. The molecule has 0 atom stereocenters. The van der Waals surface area contributed by atoms with Gasteiger partial charge in [-0.05, 0) is 0 Å². The molecule has 24 heteroatoms. The van der Waals surface area contributed by atoms with Crippen LogP contribution in [0.2, 0.25) is 0 Å². The molecule has 0 aliphatic heterocycles. The van der Waals surface area contributed by atoms with Crippen molar-refractivity contribution >= 4 is 124 Å². The van der Waals surface area contributed by atoms with Gasteiger partial charge in [0.2, 0.25) is 17.8 Å². The van der Waals surface area contributed by atoms with Gasteiger partial charge in [-0.2, -0.15) is 15.0 Å². The van der Waals surface area contributed by atoms with Crippen LogP contribution in [-0.4, -0.2) is 151 Å². The average molecular weight is 751 g/mol. The fourth-order valence-corrected chi connectivity index (χ4v) is 7.19. The van der Waals surface area contributed by atoms with Crippen LogP contribution in [0.4, 0.5) is 17.8 Å². The number of hydrogen-bond donors (Lipinski definition) is 6. The highest BCUT2D eigenvalue weighted by atomic mass is 32.2. The third-order valence-corrected chi connectivity index (χ3v) is 9.96. The SMILES string of the molecule is O=C(O)CSCN(CSCC(=O)O)c1nc(N(CSCC(=O)O)CSCC(=O)O)nc(N(CSCC(=O)O)CSCC(=O)O)n1. The number of carboxylic acids is 6. The zero-order valence-electron chi connectivity index (χ0n) is 23.3. The first-order valence-corrected chi connectivity index (χ1v) is 19.0. The molecule has 1 rings (SSSR count). The van der Waals surface area contributed by atoms with Gasteiger partial charge in [-0.25, -0.2) is 0 Å². The van der Waals surface area contributed by atoms with Gasteiger partial charge >= 0.3 is 35.8 Å². The second kappa shape index (κ2) is 22.8. The molecule has 0 amide bonds. The van der Waals surface area contributed by atoms with Crippen molar-refractivity contribution in [2.75, 3.05) is 84.5 Å². The molecule has 0 saturated heterocycles. The monoisotopic (exact) mass is 750 g/mol. The molecule has 0 aromatic carbocycles. The van der Waals surface area contributed by atoms with E-state index in [9.17, 15) is 28.8 Å². The van der Waals surface area contributed by atoms with E-state index in [1.807, 2.05) is 0 Å². The number of thioether (sulfide) groups is 6. The van der Waals surface area contributed by atoms with Crippen molar-refractivity contribution in [3.05, 3.63) is 0 Å². The van der Waals surface area contributed by atoms with Crippen LogP contribution in [0.15, 0.2) is 0 Å². The summed E-state index contributed by atoms with van der Waals surface area (Å²) in [6.07, 6.45) is 0. The summed E-state index contributed by atoms with van der Waals surface area (Å²) in [5, 5.41) is 54.7. The Balaban J connectivity index is 3.66. The lowest BCUT2D eigenvalue weighted by atomic mass is 10.7. The summed E-state index contributed by atoms with van der Waals surface area (Å²) in [5.41, 5.74) is 0. The molecule has 0 radical (unpaired) electrons. The number of aliphatic carboxylic acids is 6. The molecule has 0 bridgehead atoms. The Morgan fingerprint density at radius 3 is 0.667 bits per heavy atom. The molecule has 0 spiro atoms. The zero-order valence-corrected chi connectivity index (χ0v) is 28.1. The smallest absolute Gasteiger partial charge is 0.313 e. The summed E-state index contributed by atoms with van der Waals surface area (Å²) < 4.78 is 0. The maximum atomic E-state index is 11.1. The maximum absolute atomic E-state index is 11.1. The van der Waals surface area contributed by atoms with Crippen LogP contribution in [0.3, 0.4) is 0 Å². The summed E-state index contributed by atoms with van der Waals surface area (Å²) in [6.45, 7) is 0. The van der Waals surface area contributed by atoms with Gasteiger partial charge in [0.15, 0.2) is 0 Å². The van der Waals surface area contributed by atoms with Gasteiger partial charge in [0.05, 0.1) is 69.8 Å². The molecule has 45 heavy (non-hydrogen) atoms. The second-order valence-electron chi connectivity index (χ2n) is 8.08. The minimum atomic E-state index is -1.09. The van der Waals surface area contributed by atoms with Crippen molar-refractivity contribution < 1.29 is 59.4 Å². The molecule has 0 unspecified atom stereocenters. The predicted molar refractivity (Wildman–Crippen MR) is 177 cm³/mol. The molecule has 0 saturated carbocycles. The molecule has 1 heterocycles. The maximum Gasteiger partial charge on any atom is 0.313 e. The van der Waals surface area contributed by atoms with Gasteiger partial charge in [-0.3, -0.25) is 28.8 Å². The van der Waals surface area contributed by atoms with E-state index in [0.29, 0.717) is 0 Å². The van der Waals surface area contributed by atoms with E-state index in [-0.39, 0.29) is 87.6 Å². The standard InChI is InChI=1S/C21H30N6O12S6/c28-13(29)1-40-7-25(8-41-2-14(30)31)19-22-20(26(9-42-3-15(32)33)10-43-4-16(34)35)24-21(23-19)27(11-44-5-17(36)37)12-45-6-18(38)39/h1-12H2,(H,28,29)(H,30,31)(H,32,33)(H,34,35)(H,36,37)(H,38,39). The number of aromatic nitrogens is 3. The first-order valence-electron chi connectivity index (χ1n) is 12.1. The Hall–Kier alpha value is -2.67. The summed E-state index contributed by atoms with van der Waals surface area (Å²) in [6, 6.07) is 0. The first-order chi connectivity index (χ1) is 21.3. The number of nitrogens with zero attached hydrogens (tertiary/aromatic N) is 6. The molecule has 0 aliphatic rings. The summed E-state index contributed by atoms with van der Waals surface area (Å²) >= 11 is 5.88. The van der Waals surface area contributed by atoms with E-state index in [1.165, 1.54) is 14.7 Å². The van der Waals surface area contributed by atoms with Crippen LogP contribution < -0.4 is 14.7 Å². The highest BCUT2D eigenvalue weighted by Crippen LogP contribution is 2.26. The number of anilines is 3. The van der Waals surface area contributed by atoms with Crippen molar-refractivity contribution in [1.82, 2.24) is 15.0 Å². The van der Waals surface area contributed by atoms with Gasteiger partial charge in [0.1, 0.15) is 0 Å². The lowest BCUT2D eigenvalue weighted by Gasteiger charge is -2.28. The lowest BCUT2D eigenvalue weighted by Crippen LogP contribution is -2.32. The van der Waals surface area contributed by atoms with Gasteiger partial charge in [-0.1, -0.05) is 0 Å². The van der Waals surface area contributed by atoms with Crippen LogP contribution in [0.25, 0.3) is 0 Å². The number of rotatable bonds is 27. The predicted octanol–water partition coefficient (Wildman–Crippen LogP) is 0.943. The van der Waals surface area contributed by atoms with Crippen molar-refractivity contribution in [1.29, 1.82) is 0 Å². The number of hydrogen-bond acceptors (Lipinski definition) is 18. The number of carbonyl (C=O) groups is 6. The molecule has 0 aliphatic carbocycles. The fourth-order valence-electron chi connectivity index (χ4n) is 2.68. The minimum absolute atomic E-state index is 0.00483. The number of carboxylic acid groups (broad SMARTS) is 6. The van der Waals surface area contributed by atoms with Crippen LogP contribution in [0.5, 0.6) is 0 Å². The first kappa shape index (κ1) is 40.4. The van der Waals surface area contributed by atoms with E-state index in [4.69, 9.17) is 30.6 Å². The largest absolute Gasteiger partial charge is 0.481 e. The Labute approximate surface area is 281 Å². The lowest BCUT2D eigenvalue weighted by molar-refractivity contribution is -0.134. The molecule has 1 aromatic heterocycles. The third-order valence-electron chi connectivity index (χ3n) is 4.28. The average Bonchev–Trinajstić information content (AvgIpc) is 2.93. The molecular weight excluding hydrogens is 721 g/mol. The normalized spacial score (nSPS) is 10.7. The van der Waals surface area contributed by atoms with Gasteiger partial charge in [0, 0.05) is 0 Å². The third kappa shape index (κ3) is 19.5. The molecule has 1 aromatic rings. The minimum Gasteiger partial charge on any atom is -0.481 e. The van der Waals surface area contributed by atoms with Crippen LogP contribution in [-0.2, 0) is 28.8 Å². The Bertz CT molecular complexity index is 962. The van der Waals surface area contributed by atoms with E-state index >= 15 is 0 Å². The van der Waals surface area contributed by atoms with Crippen molar-refractivity contribution in [3.63, 3.8) is 0 Å². The molecule has 252 valence electrons. The van der Waals surface area contributed by atoms with Crippen LogP contribution in [0, 0.1) is 0 Å². The van der Waals surface area contributed by atoms with E-state index in [2.05, 4.69) is 15.0 Å². The summed E-state index contributed by atoms with van der Waals surface area (Å²) in [5.74, 6) is -8.38. The van der Waals surface area contributed by atoms with Gasteiger partial charge in [-0.15, -0.1) is 70.6 Å². The van der Waals surface area contributed by atoms with E-state index < -0.39 is 35.8 Å². The summed E-state index contributed by atoms with van der Waals surface area (Å²) in [7, 11) is 0. The zero-order chi connectivity index (χ0) is 33.8. The molecule has 18 nitrogen and oxygen atoms in total. The van der Waals surface area contributed by atoms with Gasteiger partial charge < -0.3 is 45.3 Å². The van der Waals surface area contributed by atoms with Crippen LogP contribution >= 0.6 is 70.6 Å². The summed E-state index contributed by atoms with van der Waals surface area (Å²) in [4.78, 5) is 84.8. The van der Waals surface area contributed by atoms with Crippen molar-refractivity contribution in [2.24, 2.45) is 0 Å². The quantitative estimate of drug-likeness (QED) is 0.0683. The van der Waals surface area contributed by atoms with Crippen molar-refractivity contribution in [2.45, 2.75) is 0 Å². The Morgan fingerprint density at radius 1 is 0.378 bits per heavy atom. The van der Waals surface area contributed by atoms with E-state index in [0.717, 1.165) is 70.6 Å². The molecular formula is C21H30N6O12S6. The molecule has 6 N–H and O–H groups in total. The van der Waals surface area contributed by atoms with Crippen LogP contribution in [0.1, 0.15) is 0 Å². The van der Waals surface area contributed by atoms with E-state index in [1.54, 1.807) is 0 Å². The highest BCUT2D eigenvalue weighted by Gasteiger charge is 2.22. The Kier molecular flexibility index (Phi) is 20.4.